The van der Waals surface area contributed by atoms with Gasteiger partial charge in [-0.1, -0.05) is 0 Å². The Morgan fingerprint density at radius 2 is 2.21 bits per heavy atom. The average molecular weight is 263 g/mol. The standard InChI is InChI=1S/C12H10FN3O3/c1-8(17)10-5-14-15(7-10)6-9-2-11(13)4-12(3-9)16(18)19/h2-5,7H,6H2,1H3. The van der Waals surface area contributed by atoms with Crippen LogP contribution < -0.4 is 0 Å². The van der Waals surface area contributed by atoms with Gasteiger partial charge in [0.05, 0.1) is 29.3 Å². The zero-order valence-corrected chi connectivity index (χ0v) is 10.0. The lowest BCUT2D eigenvalue weighted by atomic mass is 10.2. The summed E-state index contributed by atoms with van der Waals surface area (Å²) >= 11 is 0. The van der Waals surface area contributed by atoms with E-state index in [1.807, 2.05) is 0 Å². The molecule has 1 aromatic carbocycles. The van der Waals surface area contributed by atoms with Crippen molar-refractivity contribution in [2.75, 3.05) is 0 Å². The molecule has 0 aliphatic heterocycles. The summed E-state index contributed by atoms with van der Waals surface area (Å²) in [6.07, 6.45) is 2.91. The van der Waals surface area contributed by atoms with Crippen molar-refractivity contribution in [2.45, 2.75) is 13.5 Å². The minimum absolute atomic E-state index is 0.128. The second kappa shape index (κ2) is 4.97. The fourth-order valence-corrected chi connectivity index (χ4v) is 1.65. The number of hydrogen-bond acceptors (Lipinski definition) is 4. The Balaban J connectivity index is 2.27. The van der Waals surface area contributed by atoms with E-state index in [1.54, 1.807) is 0 Å². The molecule has 7 heteroatoms. The van der Waals surface area contributed by atoms with Gasteiger partial charge >= 0.3 is 0 Å². The van der Waals surface area contributed by atoms with E-state index in [0.29, 0.717) is 11.1 Å². The first-order valence-corrected chi connectivity index (χ1v) is 5.43. The lowest BCUT2D eigenvalue weighted by molar-refractivity contribution is -0.385. The van der Waals surface area contributed by atoms with Gasteiger partial charge in [0.25, 0.3) is 5.69 Å². The number of carbonyl (C=O) groups is 1. The van der Waals surface area contributed by atoms with E-state index < -0.39 is 10.7 Å². The monoisotopic (exact) mass is 263 g/mol. The highest BCUT2D eigenvalue weighted by Crippen LogP contribution is 2.17. The van der Waals surface area contributed by atoms with E-state index in [0.717, 1.165) is 6.07 Å². The van der Waals surface area contributed by atoms with Crippen LogP contribution in [0, 0.1) is 15.9 Å². The molecule has 1 aromatic heterocycles. The third-order valence-corrected chi connectivity index (χ3v) is 2.54. The van der Waals surface area contributed by atoms with Crippen molar-refractivity contribution in [1.29, 1.82) is 0 Å². The van der Waals surface area contributed by atoms with Crippen LogP contribution in [-0.2, 0) is 6.54 Å². The Kier molecular flexibility index (Phi) is 3.37. The molecule has 6 nitrogen and oxygen atoms in total. The summed E-state index contributed by atoms with van der Waals surface area (Å²) < 4.78 is 14.7. The number of Topliss-reactive ketones (excluding diaryl/α,β-unsaturated/α-hetero) is 1. The molecule has 0 N–H and O–H groups in total. The van der Waals surface area contributed by atoms with E-state index in [4.69, 9.17) is 0 Å². The molecule has 1 heterocycles. The minimum atomic E-state index is -0.678. The van der Waals surface area contributed by atoms with Crippen molar-refractivity contribution < 1.29 is 14.1 Å². The molecule has 0 saturated carbocycles. The highest BCUT2D eigenvalue weighted by molar-refractivity contribution is 5.93. The van der Waals surface area contributed by atoms with Crippen LogP contribution in [0.2, 0.25) is 0 Å². The second-order valence-electron chi connectivity index (χ2n) is 4.06. The molecule has 0 aliphatic rings. The molecule has 0 aliphatic carbocycles. The molecule has 19 heavy (non-hydrogen) atoms. The highest BCUT2D eigenvalue weighted by atomic mass is 19.1. The van der Waals surface area contributed by atoms with Crippen LogP contribution in [0.25, 0.3) is 0 Å². The summed E-state index contributed by atoms with van der Waals surface area (Å²) in [5.41, 5.74) is 0.532. The number of hydrogen-bond donors (Lipinski definition) is 0. The Morgan fingerprint density at radius 1 is 1.47 bits per heavy atom. The highest BCUT2D eigenvalue weighted by Gasteiger charge is 2.11. The maximum absolute atomic E-state index is 13.2. The number of rotatable bonds is 4. The Hall–Kier alpha value is -2.57. The van der Waals surface area contributed by atoms with Crippen molar-refractivity contribution >= 4 is 11.5 Å². The predicted molar refractivity (Wildman–Crippen MR) is 64.4 cm³/mol. The third-order valence-electron chi connectivity index (χ3n) is 2.54. The fraction of sp³-hybridized carbons (Fsp3) is 0.167. The lowest BCUT2D eigenvalue weighted by Gasteiger charge is -2.02. The van der Waals surface area contributed by atoms with Gasteiger partial charge in [-0.2, -0.15) is 5.10 Å². The smallest absolute Gasteiger partial charge is 0.272 e. The molecule has 0 saturated heterocycles. The number of benzene rings is 1. The number of nitro benzene ring substituents is 1. The number of nitro groups is 1. The number of carbonyl (C=O) groups excluding carboxylic acids is 1. The van der Waals surface area contributed by atoms with Gasteiger partial charge in [-0.3, -0.25) is 19.6 Å². The van der Waals surface area contributed by atoms with Crippen molar-refractivity contribution in [3.63, 3.8) is 0 Å². The van der Waals surface area contributed by atoms with Crippen LogP contribution in [0.1, 0.15) is 22.8 Å². The molecule has 0 amide bonds. The zero-order valence-electron chi connectivity index (χ0n) is 10.0. The van der Waals surface area contributed by atoms with E-state index in [1.165, 1.54) is 36.1 Å². The van der Waals surface area contributed by atoms with Crippen molar-refractivity contribution in [2.24, 2.45) is 0 Å². The van der Waals surface area contributed by atoms with Gasteiger partial charge < -0.3 is 0 Å². The Morgan fingerprint density at radius 3 is 2.79 bits per heavy atom. The predicted octanol–water partition coefficient (Wildman–Crippen LogP) is 2.18. The maximum Gasteiger partial charge on any atom is 0.272 e. The van der Waals surface area contributed by atoms with Gasteiger partial charge in [0.2, 0.25) is 0 Å². The molecule has 0 spiro atoms. The number of nitrogens with zero attached hydrogens (tertiary/aromatic N) is 3. The molecule has 98 valence electrons. The molecular weight excluding hydrogens is 253 g/mol. The van der Waals surface area contributed by atoms with Crippen LogP contribution in [0.3, 0.4) is 0 Å². The third kappa shape index (κ3) is 3.01. The summed E-state index contributed by atoms with van der Waals surface area (Å²) in [4.78, 5) is 21.1. The van der Waals surface area contributed by atoms with Crippen LogP contribution in [0.15, 0.2) is 30.6 Å². The molecule has 0 unspecified atom stereocenters. The number of aromatic nitrogens is 2. The van der Waals surface area contributed by atoms with Gasteiger partial charge in [0.1, 0.15) is 5.82 Å². The van der Waals surface area contributed by atoms with Crippen molar-refractivity contribution in [3.05, 3.63) is 57.7 Å². The van der Waals surface area contributed by atoms with Crippen molar-refractivity contribution in [3.8, 4) is 0 Å². The Labute approximate surface area is 107 Å². The summed E-state index contributed by atoms with van der Waals surface area (Å²) in [5, 5.41) is 14.6. The number of halogens is 1. The molecular formula is C12H10FN3O3. The van der Waals surface area contributed by atoms with E-state index in [9.17, 15) is 19.3 Å². The van der Waals surface area contributed by atoms with Gasteiger partial charge in [0.15, 0.2) is 5.78 Å². The normalized spacial score (nSPS) is 10.4. The van der Waals surface area contributed by atoms with Gasteiger partial charge in [0, 0.05) is 12.3 Å². The van der Waals surface area contributed by atoms with Crippen molar-refractivity contribution in [1.82, 2.24) is 9.78 Å². The van der Waals surface area contributed by atoms with E-state index in [2.05, 4.69) is 5.10 Å². The summed E-state index contributed by atoms with van der Waals surface area (Å²) in [7, 11) is 0. The first kappa shape index (κ1) is 12.9. The van der Waals surface area contributed by atoms with Crippen LogP contribution in [0.5, 0.6) is 0 Å². The minimum Gasteiger partial charge on any atom is -0.294 e. The van der Waals surface area contributed by atoms with E-state index >= 15 is 0 Å². The van der Waals surface area contributed by atoms with E-state index in [-0.39, 0.29) is 18.0 Å². The van der Waals surface area contributed by atoms with Gasteiger partial charge in [-0.15, -0.1) is 0 Å². The fourth-order valence-electron chi connectivity index (χ4n) is 1.65. The van der Waals surface area contributed by atoms with Gasteiger partial charge in [-0.05, 0) is 18.6 Å². The van der Waals surface area contributed by atoms with Crippen LogP contribution in [0.4, 0.5) is 10.1 Å². The lowest BCUT2D eigenvalue weighted by Crippen LogP contribution is -2.02. The molecule has 2 aromatic rings. The Bertz CT molecular complexity index is 651. The molecule has 0 radical (unpaired) electrons. The zero-order chi connectivity index (χ0) is 14.0. The first-order valence-electron chi connectivity index (χ1n) is 5.43. The first-order chi connectivity index (χ1) is 8.95. The molecule has 2 rings (SSSR count). The number of non-ortho nitro benzene ring substituents is 1. The van der Waals surface area contributed by atoms with Crippen LogP contribution in [-0.4, -0.2) is 20.5 Å². The summed E-state index contributed by atoms with van der Waals surface area (Å²) in [6, 6.07) is 3.33. The molecule has 0 fully saturated rings. The second-order valence-corrected chi connectivity index (χ2v) is 4.06. The topological polar surface area (TPSA) is 78.0 Å². The summed E-state index contributed by atoms with van der Waals surface area (Å²) in [5.74, 6) is -0.806. The summed E-state index contributed by atoms with van der Waals surface area (Å²) in [6.45, 7) is 1.57. The molecule has 0 bridgehead atoms. The largest absolute Gasteiger partial charge is 0.294 e. The van der Waals surface area contributed by atoms with Gasteiger partial charge in [-0.25, -0.2) is 4.39 Å². The quantitative estimate of drug-likeness (QED) is 0.481. The maximum atomic E-state index is 13.2. The SMILES string of the molecule is CC(=O)c1cnn(Cc2cc(F)cc([N+](=O)[O-])c2)c1. The molecule has 0 atom stereocenters. The number of ketones is 1. The van der Waals surface area contributed by atoms with Crippen LogP contribution >= 0.6 is 0 Å². The average Bonchev–Trinajstić information content (AvgIpc) is 2.76.